The van der Waals surface area contributed by atoms with Crippen molar-refractivity contribution in [2.45, 2.75) is 25.4 Å². The number of carbonyl (C=O) groups excluding carboxylic acids is 1. The van der Waals surface area contributed by atoms with Crippen molar-refractivity contribution < 1.29 is 27.4 Å². The van der Waals surface area contributed by atoms with Crippen LogP contribution in [-0.4, -0.2) is 80.7 Å². The number of morpholine rings is 1. The summed E-state index contributed by atoms with van der Waals surface area (Å²) in [5.41, 5.74) is 0.700. The molecular formula is C19H28ClF3N4O3. The number of nitrogens with one attached hydrogen (secondary N) is 2. The topological polar surface area (TPSA) is 66.1 Å². The van der Waals surface area contributed by atoms with Crippen LogP contribution in [0.5, 0.6) is 5.75 Å². The van der Waals surface area contributed by atoms with Crippen molar-refractivity contribution in [3.63, 3.8) is 0 Å². The molecule has 2 amide bonds. The zero-order valence-corrected chi connectivity index (χ0v) is 17.4. The zero-order valence-electron chi connectivity index (χ0n) is 16.6. The van der Waals surface area contributed by atoms with E-state index in [9.17, 15) is 18.0 Å². The highest BCUT2D eigenvalue weighted by molar-refractivity contribution is 5.85. The van der Waals surface area contributed by atoms with Crippen molar-refractivity contribution >= 4 is 18.4 Å². The molecule has 1 aromatic rings. The number of benzene rings is 1. The lowest BCUT2D eigenvalue weighted by Crippen LogP contribution is -2.50. The largest absolute Gasteiger partial charge is 0.573 e. The van der Waals surface area contributed by atoms with Crippen LogP contribution in [0.25, 0.3) is 0 Å². The van der Waals surface area contributed by atoms with E-state index >= 15 is 0 Å². The van der Waals surface area contributed by atoms with E-state index in [-0.39, 0.29) is 36.8 Å². The molecule has 2 fully saturated rings. The quantitative estimate of drug-likeness (QED) is 0.664. The fourth-order valence-electron chi connectivity index (χ4n) is 3.52. The van der Waals surface area contributed by atoms with Gasteiger partial charge in [-0.2, -0.15) is 0 Å². The Balaban J connectivity index is 0.00000320. The van der Waals surface area contributed by atoms with Crippen molar-refractivity contribution in [1.82, 2.24) is 20.4 Å². The molecule has 30 heavy (non-hydrogen) atoms. The first-order chi connectivity index (χ1) is 13.9. The molecule has 2 aliphatic heterocycles. The predicted octanol–water partition coefficient (Wildman–Crippen LogP) is 2.21. The average Bonchev–Trinajstić information content (AvgIpc) is 3.22. The Hall–Kier alpha value is -1.75. The van der Waals surface area contributed by atoms with E-state index in [4.69, 9.17) is 4.74 Å². The highest BCUT2D eigenvalue weighted by Gasteiger charge is 2.31. The fraction of sp³-hybridized carbons (Fsp3) is 0.632. The Kier molecular flexibility index (Phi) is 9.47. The first-order valence-electron chi connectivity index (χ1n) is 9.81. The predicted molar refractivity (Wildman–Crippen MR) is 108 cm³/mol. The summed E-state index contributed by atoms with van der Waals surface area (Å²) in [5, 5.41) is 6.17. The van der Waals surface area contributed by atoms with E-state index < -0.39 is 6.36 Å². The Morgan fingerprint density at radius 3 is 2.57 bits per heavy atom. The first-order valence-corrected chi connectivity index (χ1v) is 9.81. The number of urea groups is 1. The maximum absolute atomic E-state index is 12.8. The molecule has 2 heterocycles. The number of halogens is 4. The normalized spacial score (nSPS) is 19.8. The monoisotopic (exact) mass is 452 g/mol. The minimum atomic E-state index is -4.72. The molecular weight excluding hydrogens is 425 g/mol. The van der Waals surface area contributed by atoms with Crippen LogP contribution in [0.15, 0.2) is 24.3 Å². The smallest absolute Gasteiger partial charge is 0.406 e. The molecule has 0 radical (unpaired) electrons. The molecule has 1 atom stereocenters. The maximum Gasteiger partial charge on any atom is 0.573 e. The number of nitrogens with zero attached hydrogens (tertiary/aromatic N) is 2. The minimum absolute atomic E-state index is 0. The molecule has 2 saturated heterocycles. The third kappa shape index (κ3) is 7.82. The molecule has 11 heteroatoms. The lowest BCUT2D eigenvalue weighted by atomic mass is 10.2. The third-order valence-electron chi connectivity index (χ3n) is 5.10. The van der Waals surface area contributed by atoms with E-state index in [0.717, 1.165) is 39.1 Å². The molecule has 1 aromatic carbocycles. The van der Waals surface area contributed by atoms with E-state index in [1.54, 1.807) is 0 Å². The van der Waals surface area contributed by atoms with Crippen molar-refractivity contribution in [1.29, 1.82) is 0 Å². The van der Waals surface area contributed by atoms with Crippen LogP contribution in [0.3, 0.4) is 0 Å². The molecule has 0 bridgehead atoms. The SMILES string of the molecule is Cl.O=C(NCc1ccc(OC(F)(F)F)cc1)N(CCN1CCOCC1)C1CCNC1. The number of amides is 2. The Morgan fingerprint density at radius 1 is 1.27 bits per heavy atom. The molecule has 3 rings (SSSR count). The van der Waals surface area contributed by atoms with E-state index in [1.807, 2.05) is 4.90 Å². The molecule has 7 nitrogen and oxygen atoms in total. The molecule has 0 spiro atoms. The van der Waals surface area contributed by atoms with Crippen molar-refractivity contribution in [3.8, 4) is 5.75 Å². The van der Waals surface area contributed by atoms with Gasteiger partial charge in [0.25, 0.3) is 0 Å². The van der Waals surface area contributed by atoms with Crippen molar-refractivity contribution in [2.24, 2.45) is 0 Å². The summed E-state index contributed by atoms with van der Waals surface area (Å²) >= 11 is 0. The van der Waals surface area contributed by atoms with Gasteiger partial charge >= 0.3 is 12.4 Å². The van der Waals surface area contributed by atoms with Gasteiger partial charge in [0.15, 0.2) is 0 Å². The number of hydrogen-bond donors (Lipinski definition) is 2. The minimum Gasteiger partial charge on any atom is -0.406 e. The van der Waals surface area contributed by atoms with Crippen LogP contribution in [0, 0.1) is 0 Å². The lowest BCUT2D eigenvalue weighted by Gasteiger charge is -2.33. The van der Waals surface area contributed by atoms with Crippen LogP contribution >= 0.6 is 12.4 Å². The first kappa shape index (κ1) is 24.5. The summed E-state index contributed by atoms with van der Waals surface area (Å²) in [6, 6.07) is 5.48. The Morgan fingerprint density at radius 2 is 1.97 bits per heavy atom. The molecule has 0 aromatic heterocycles. The van der Waals surface area contributed by atoms with Crippen molar-refractivity contribution in [2.75, 3.05) is 52.5 Å². The van der Waals surface area contributed by atoms with Gasteiger partial charge in [0, 0.05) is 45.3 Å². The molecule has 0 aliphatic carbocycles. The maximum atomic E-state index is 12.8. The van der Waals surface area contributed by atoms with E-state index in [1.165, 1.54) is 24.3 Å². The van der Waals surface area contributed by atoms with E-state index in [2.05, 4.69) is 20.3 Å². The summed E-state index contributed by atoms with van der Waals surface area (Å²) in [5.74, 6) is -0.281. The van der Waals surface area contributed by atoms with Crippen LogP contribution in [0.1, 0.15) is 12.0 Å². The van der Waals surface area contributed by atoms with Crippen LogP contribution in [-0.2, 0) is 11.3 Å². The molecule has 0 saturated carbocycles. The van der Waals surface area contributed by atoms with Gasteiger partial charge in [0.1, 0.15) is 5.75 Å². The van der Waals surface area contributed by atoms with Gasteiger partial charge in [-0.05, 0) is 30.7 Å². The van der Waals surface area contributed by atoms with Gasteiger partial charge in [0.2, 0.25) is 0 Å². The number of alkyl halides is 3. The Bertz CT molecular complexity index is 651. The summed E-state index contributed by atoms with van der Waals surface area (Å²) in [4.78, 5) is 16.9. The summed E-state index contributed by atoms with van der Waals surface area (Å²) in [6.07, 6.45) is -3.81. The molecule has 2 N–H and O–H groups in total. The Labute approximate surface area is 180 Å². The molecule has 1 unspecified atom stereocenters. The standard InChI is InChI=1S/C19H27F3N4O3.ClH/c20-19(21,22)29-17-3-1-15(2-4-17)13-24-18(27)26(16-5-6-23-14-16)8-7-25-9-11-28-12-10-25;/h1-4,16,23H,5-14H2,(H,24,27);1H. The van der Waals surface area contributed by atoms with Crippen LogP contribution in [0.4, 0.5) is 18.0 Å². The summed E-state index contributed by atoms with van der Waals surface area (Å²) in [6.45, 7) is 6.45. The number of rotatable bonds is 7. The van der Waals surface area contributed by atoms with Gasteiger partial charge in [0.05, 0.1) is 13.2 Å². The van der Waals surface area contributed by atoms with Gasteiger partial charge in [-0.3, -0.25) is 4.90 Å². The molecule has 2 aliphatic rings. The van der Waals surface area contributed by atoms with Crippen LogP contribution < -0.4 is 15.4 Å². The second kappa shape index (κ2) is 11.6. The lowest BCUT2D eigenvalue weighted by molar-refractivity contribution is -0.274. The highest BCUT2D eigenvalue weighted by Crippen LogP contribution is 2.22. The van der Waals surface area contributed by atoms with Gasteiger partial charge in [-0.15, -0.1) is 25.6 Å². The van der Waals surface area contributed by atoms with Gasteiger partial charge in [-0.1, -0.05) is 12.1 Å². The van der Waals surface area contributed by atoms with Crippen LogP contribution in [0.2, 0.25) is 0 Å². The van der Waals surface area contributed by atoms with Gasteiger partial charge in [-0.25, -0.2) is 4.79 Å². The van der Waals surface area contributed by atoms with Crippen molar-refractivity contribution in [3.05, 3.63) is 29.8 Å². The fourth-order valence-corrected chi connectivity index (χ4v) is 3.52. The second-order valence-electron chi connectivity index (χ2n) is 7.14. The van der Waals surface area contributed by atoms with E-state index in [0.29, 0.717) is 25.3 Å². The number of carbonyl (C=O) groups is 1. The number of hydrogen-bond acceptors (Lipinski definition) is 5. The zero-order chi connectivity index (χ0) is 20.7. The summed E-state index contributed by atoms with van der Waals surface area (Å²) < 4.78 is 45.9. The number of ether oxygens (including phenoxy) is 2. The molecule has 170 valence electrons. The summed E-state index contributed by atoms with van der Waals surface area (Å²) in [7, 11) is 0. The highest BCUT2D eigenvalue weighted by atomic mass is 35.5. The van der Waals surface area contributed by atoms with Gasteiger partial charge < -0.3 is 25.0 Å². The third-order valence-corrected chi connectivity index (χ3v) is 5.10. The average molecular weight is 453 g/mol. The second-order valence-corrected chi connectivity index (χ2v) is 7.14.